The predicted octanol–water partition coefficient (Wildman–Crippen LogP) is 0.956. The first kappa shape index (κ1) is 11.3. The number of alkyl halides is 2. The molecule has 0 spiro atoms. The lowest BCUT2D eigenvalue weighted by Gasteiger charge is -2.18. The van der Waals surface area contributed by atoms with Crippen molar-refractivity contribution < 1.29 is 23.4 Å². The molecule has 0 aliphatic rings. The highest BCUT2D eigenvalue weighted by molar-refractivity contribution is 5.78. The van der Waals surface area contributed by atoms with Crippen molar-refractivity contribution in [1.82, 2.24) is 0 Å². The van der Waals surface area contributed by atoms with Gasteiger partial charge in [-0.3, -0.25) is 0 Å². The number of aliphatic hydroxyl groups is 1. The van der Waals surface area contributed by atoms with E-state index in [1.165, 1.54) is 13.8 Å². The van der Waals surface area contributed by atoms with Gasteiger partial charge in [0.15, 0.2) is 0 Å². The molecule has 3 nitrogen and oxygen atoms in total. The predicted molar refractivity (Wildman–Crippen MR) is 37.9 cm³/mol. The van der Waals surface area contributed by atoms with Gasteiger partial charge in [-0.05, 0) is 13.3 Å². The van der Waals surface area contributed by atoms with E-state index in [4.69, 9.17) is 5.11 Å². The van der Waals surface area contributed by atoms with Crippen LogP contribution in [0.5, 0.6) is 0 Å². The zero-order valence-corrected chi connectivity index (χ0v) is 7.01. The summed E-state index contributed by atoms with van der Waals surface area (Å²) in [6.45, 7) is 2.66. The minimum absolute atomic E-state index is 0.120. The molecule has 0 aliphatic carbocycles. The standard InChI is InChI=1S/C7H12F2O3/c1-3-5(10)7(8,9)6(11)12-4-2/h5,10H,3-4H2,1-2H3/t5-/m0/s1. The number of aliphatic hydroxyl groups excluding tert-OH is 1. The number of ether oxygens (including phenoxy) is 1. The summed E-state index contributed by atoms with van der Waals surface area (Å²) in [7, 11) is 0. The van der Waals surface area contributed by atoms with Gasteiger partial charge in [-0.15, -0.1) is 0 Å². The van der Waals surface area contributed by atoms with E-state index in [-0.39, 0.29) is 13.0 Å². The van der Waals surface area contributed by atoms with E-state index in [9.17, 15) is 13.6 Å². The summed E-state index contributed by atoms with van der Waals surface area (Å²) in [6, 6.07) is 0. The van der Waals surface area contributed by atoms with Crippen LogP contribution < -0.4 is 0 Å². The smallest absolute Gasteiger partial charge is 0.379 e. The molecule has 0 aliphatic heterocycles. The highest BCUT2D eigenvalue weighted by Gasteiger charge is 2.47. The summed E-state index contributed by atoms with van der Waals surface area (Å²) in [5.41, 5.74) is 0. The number of halogens is 2. The Morgan fingerprint density at radius 2 is 2.08 bits per heavy atom. The van der Waals surface area contributed by atoms with Gasteiger partial charge in [0.2, 0.25) is 0 Å². The van der Waals surface area contributed by atoms with E-state index in [2.05, 4.69) is 4.74 Å². The molecule has 1 atom stereocenters. The molecular formula is C7H12F2O3. The quantitative estimate of drug-likeness (QED) is 0.658. The molecule has 0 unspecified atom stereocenters. The third-order valence-electron chi connectivity index (χ3n) is 1.35. The fourth-order valence-corrected chi connectivity index (χ4v) is 0.620. The van der Waals surface area contributed by atoms with Crippen LogP contribution in [0, 0.1) is 0 Å². The number of esters is 1. The molecule has 0 fully saturated rings. The van der Waals surface area contributed by atoms with Gasteiger partial charge in [0.25, 0.3) is 0 Å². The second kappa shape index (κ2) is 4.35. The molecule has 5 heteroatoms. The first-order valence-corrected chi connectivity index (χ1v) is 3.69. The Morgan fingerprint density at radius 1 is 1.58 bits per heavy atom. The molecule has 0 saturated carbocycles. The maximum Gasteiger partial charge on any atom is 0.379 e. The minimum Gasteiger partial charge on any atom is -0.461 e. The van der Waals surface area contributed by atoms with Crippen molar-refractivity contribution in [3.8, 4) is 0 Å². The third-order valence-corrected chi connectivity index (χ3v) is 1.35. The molecule has 0 aromatic carbocycles. The molecule has 0 heterocycles. The summed E-state index contributed by atoms with van der Waals surface area (Å²) in [4.78, 5) is 10.5. The van der Waals surface area contributed by atoms with E-state index in [0.717, 1.165) is 0 Å². The van der Waals surface area contributed by atoms with Crippen LogP contribution in [0.25, 0.3) is 0 Å². The second-order valence-corrected chi connectivity index (χ2v) is 2.27. The van der Waals surface area contributed by atoms with Crippen molar-refractivity contribution in [2.75, 3.05) is 6.61 Å². The monoisotopic (exact) mass is 182 g/mol. The molecule has 0 aromatic heterocycles. The van der Waals surface area contributed by atoms with Crippen LogP contribution in [0.4, 0.5) is 8.78 Å². The summed E-state index contributed by atoms with van der Waals surface area (Å²) >= 11 is 0. The van der Waals surface area contributed by atoms with Crippen LogP contribution in [0.2, 0.25) is 0 Å². The SMILES string of the molecule is CCOC(=O)C(F)(F)[C@@H](O)CC. The molecule has 72 valence electrons. The zero-order chi connectivity index (χ0) is 9.78. The first-order chi connectivity index (χ1) is 5.46. The lowest BCUT2D eigenvalue weighted by molar-refractivity contribution is -0.188. The van der Waals surface area contributed by atoms with Gasteiger partial charge in [-0.1, -0.05) is 6.92 Å². The maximum atomic E-state index is 12.7. The van der Waals surface area contributed by atoms with E-state index in [0.29, 0.717) is 0 Å². The van der Waals surface area contributed by atoms with Crippen molar-refractivity contribution in [2.45, 2.75) is 32.3 Å². The van der Waals surface area contributed by atoms with E-state index >= 15 is 0 Å². The van der Waals surface area contributed by atoms with Gasteiger partial charge in [0.1, 0.15) is 6.10 Å². The van der Waals surface area contributed by atoms with Crippen LogP contribution in [0.1, 0.15) is 20.3 Å². The molecule has 0 saturated heterocycles. The molecule has 1 N–H and O–H groups in total. The third kappa shape index (κ3) is 2.41. The van der Waals surface area contributed by atoms with Gasteiger partial charge >= 0.3 is 11.9 Å². The van der Waals surface area contributed by atoms with E-state index in [1.54, 1.807) is 0 Å². The maximum absolute atomic E-state index is 12.7. The van der Waals surface area contributed by atoms with Crippen molar-refractivity contribution in [3.63, 3.8) is 0 Å². The topological polar surface area (TPSA) is 46.5 Å². The molecular weight excluding hydrogens is 170 g/mol. The average molecular weight is 182 g/mol. The normalized spacial score (nSPS) is 14.1. The largest absolute Gasteiger partial charge is 0.461 e. The summed E-state index contributed by atoms with van der Waals surface area (Å²) in [5.74, 6) is -5.45. The van der Waals surface area contributed by atoms with Gasteiger partial charge in [0.05, 0.1) is 6.61 Å². The lowest BCUT2D eigenvalue weighted by Crippen LogP contribution is -2.42. The Morgan fingerprint density at radius 3 is 2.42 bits per heavy atom. The fourth-order valence-electron chi connectivity index (χ4n) is 0.620. The zero-order valence-electron chi connectivity index (χ0n) is 7.01. The van der Waals surface area contributed by atoms with Gasteiger partial charge in [0, 0.05) is 0 Å². The number of carbonyl (C=O) groups excluding carboxylic acids is 1. The van der Waals surface area contributed by atoms with Crippen molar-refractivity contribution in [1.29, 1.82) is 0 Å². The minimum atomic E-state index is -3.79. The molecule has 0 radical (unpaired) electrons. The molecule has 0 aromatic rings. The highest BCUT2D eigenvalue weighted by Crippen LogP contribution is 2.22. The second-order valence-electron chi connectivity index (χ2n) is 2.27. The van der Waals surface area contributed by atoms with Gasteiger partial charge in [-0.25, -0.2) is 4.79 Å². The fraction of sp³-hybridized carbons (Fsp3) is 0.857. The van der Waals surface area contributed by atoms with Gasteiger partial charge < -0.3 is 9.84 Å². The number of hydrogen-bond acceptors (Lipinski definition) is 3. The number of hydrogen-bond donors (Lipinski definition) is 1. The van der Waals surface area contributed by atoms with Crippen LogP contribution in [-0.2, 0) is 9.53 Å². The Bertz CT molecular complexity index is 159. The Labute approximate surface area is 69.3 Å². The summed E-state index contributed by atoms with van der Waals surface area (Å²) in [6.07, 6.45) is -2.15. The van der Waals surface area contributed by atoms with Crippen LogP contribution >= 0.6 is 0 Å². The Balaban J connectivity index is 4.27. The van der Waals surface area contributed by atoms with Crippen molar-refractivity contribution in [2.24, 2.45) is 0 Å². The lowest BCUT2D eigenvalue weighted by atomic mass is 10.1. The average Bonchev–Trinajstić information content (AvgIpc) is 2.03. The van der Waals surface area contributed by atoms with Crippen LogP contribution in [0.3, 0.4) is 0 Å². The van der Waals surface area contributed by atoms with Crippen molar-refractivity contribution >= 4 is 5.97 Å². The molecule has 12 heavy (non-hydrogen) atoms. The molecule has 0 amide bonds. The van der Waals surface area contributed by atoms with Crippen molar-refractivity contribution in [3.05, 3.63) is 0 Å². The highest BCUT2D eigenvalue weighted by atomic mass is 19.3. The molecule has 0 rings (SSSR count). The number of rotatable bonds is 4. The Hall–Kier alpha value is -0.710. The molecule has 0 bridgehead atoms. The van der Waals surface area contributed by atoms with E-state index < -0.39 is 18.0 Å². The summed E-state index contributed by atoms with van der Waals surface area (Å²) in [5, 5.41) is 8.73. The summed E-state index contributed by atoms with van der Waals surface area (Å²) < 4.78 is 29.4. The Kier molecular flexibility index (Phi) is 4.09. The number of carbonyl (C=O) groups is 1. The van der Waals surface area contributed by atoms with Crippen LogP contribution in [0.15, 0.2) is 0 Å². The van der Waals surface area contributed by atoms with Crippen LogP contribution in [-0.4, -0.2) is 29.7 Å². The van der Waals surface area contributed by atoms with E-state index in [1.807, 2.05) is 0 Å². The first-order valence-electron chi connectivity index (χ1n) is 3.69. The van der Waals surface area contributed by atoms with Gasteiger partial charge in [-0.2, -0.15) is 8.78 Å².